The highest BCUT2D eigenvalue weighted by Gasteiger charge is 2.29. The first-order valence-corrected chi connectivity index (χ1v) is 10.9. The number of carbonyl (C=O) groups is 1. The van der Waals surface area contributed by atoms with E-state index < -0.39 is 19.7 Å². The highest BCUT2D eigenvalue weighted by Crippen LogP contribution is 2.47. The molecule has 3 rings (SSSR count). The van der Waals surface area contributed by atoms with Crippen molar-refractivity contribution in [1.82, 2.24) is 0 Å². The maximum Gasteiger partial charge on any atom is 0.333 e. The van der Waals surface area contributed by atoms with Gasteiger partial charge in [-0.2, -0.15) is 0 Å². The Balaban J connectivity index is 1.61. The Bertz CT molecular complexity index is 981. The predicted molar refractivity (Wildman–Crippen MR) is 109 cm³/mol. The average molecular weight is 398 g/mol. The normalized spacial score (nSPS) is 14.5. The summed E-state index contributed by atoms with van der Waals surface area (Å²) in [4.78, 5) is 21.6. The number of benzene rings is 3. The molecule has 0 heterocycles. The van der Waals surface area contributed by atoms with E-state index in [1.54, 1.807) is 30.3 Å². The zero-order valence-corrected chi connectivity index (χ0v) is 16.3. The molecule has 2 unspecified atom stereocenters. The summed E-state index contributed by atoms with van der Waals surface area (Å²) in [6.07, 6.45) is -0.146. The summed E-state index contributed by atoms with van der Waals surface area (Å²) < 4.78 is 17.5. The van der Waals surface area contributed by atoms with Gasteiger partial charge in [0.1, 0.15) is 0 Å². The minimum Gasteiger partial charge on any atom is -0.479 e. The summed E-state index contributed by atoms with van der Waals surface area (Å²) in [5.41, 5.74) is 1.76. The third-order valence-electron chi connectivity index (χ3n) is 4.58. The molecule has 28 heavy (non-hydrogen) atoms. The second-order valence-electron chi connectivity index (χ2n) is 6.74. The summed E-state index contributed by atoms with van der Waals surface area (Å²) in [7, 11) is -4.06. The smallest absolute Gasteiger partial charge is 0.333 e. The molecule has 2 N–H and O–H groups in total. The molecule has 6 heteroatoms. The molecule has 0 aliphatic rings. The Morgan fingerprint density at radius 2 is 1.64 bits per heavy atom. The summed E-state index contributed by atoms with van der Waals surface area (Å²) in [6.45, 7) is 0. The van der Waals surface area contributed by atoms with Crippen LogP contribution >= 0.6 is 7.60 Å². The molecule has 0 amide bonds. The number of carboxylic acids is 1. The minimum absolute atomic E-state index is 0.165. The summed E-state index contributed by atoms with van der Waals surface area (Å²) >= 11 is 0. The van der Waals surface area contributed by atoms with Crippen molar-refractivity contribution in [2.45, 2.75) is 31.5 Å². The topological polar surface area (TPSA) is 83.8 Å². The van der Waals surface area contributed by atoms with Crippen LogP contribution in [0.2, 0.25) is 0 Å². The van der Waals surface area contributed by atoms with Crippen molar-refractivity contribution in [3.63, 3.8) is 0 Å². The molecule has 2 atom stereocenters. The summed E-state index contributed by atoms with van der Waals surface area (Å²) in [6, 6.07) is 22.8. The van der Waals surface area contributed by atoms with E-state index in [0.29, 0.717) is 18.4 Å². The Labute approximate surface area is 164 Å². The molecule has 3 aromatic rings. The van der Waals surface area contributed by atoms with Crippen LogP contribution < -0.4 is 0 Å². The van der Waals surface area contributed by atoms with Crippen LogP contribution in [0.1, 0.15) is 24.0 Å². The van der Waals surface area contributed by atoms with E-state index in [1.807, 2.05) is 42.5 Å². The number of aliphatic carboxylic acids is 1. The average Bonchev–Trinajstić information content (AvgIpc) is 2.67. The Morgan fingerprint density at radius 1 is 0.964 bits per heavy atom. The van der Waals surface area contributed by atoms with E-state index in [9.17, 15) is 19.4 Å². The van der Waals surface area contributed by atoms with Crippen LogP contribution in [-0.2, 0) is 26.5 Å². The number of fused-ring (bicyclic) bond motifs is 1. The molecule has 0 aliphatic heterocycles. The standard InChI is InChI=1S/C22H23O5P/c23-22(24)21(27-28(25,26)16-17-8-2-1-3-9-17)15-7-13-19-12-6-11-18-10-4-5-14-20(18)19/h1-6,8-12,14,21H,7,13,15-16H2,(H,23,24)(H,25,26). The number of carboxylic acid groups (broad SMARTS) is 1. The van der Waals surface area contributed by atoms with Crippen molar-refractivity contribution < 1.29 is 23.9 Å². The van der Waals surface area contributed by atoms with Crippen molar-refractivity contribution >= 4 is 24.3 Å². The third-order valence-corrected chi connectivity index (χ3v) is 5.93. The second kappa shape index (κ2) is 9.16. The third kappa shape index (κ3) is 5.52. The lowest BCUT2D eigenvalue weighted by Crippen LogP contribution is -2.23. The molecule has 0 spiro atoms. The molecule has 3 aromatic carbocycles. The zero-order chi connectivity index (χ0) is 20.0. The number of aryl methyl sites for hydroxylation is 1. The quantitative estimate of drug-likeness (QED) is 0.495. The van der Waals surface area contributed by atoms with Gasteiger partial charge >= 0.3 is 13.6 Å². The van der Waals surface area contributed by atoms with Gasteiger partial charge in [-0.3, -0.25) is 9.09 Å². The number of rotatable bonds is 9. The molecule has 0 aliphatic carbocycles. The van der Waals surface area contributed by atoms with Crippen molar-refractivity contribution in [3.05, 3.63) is 83.9 Å². The van der Waals surface area contributed by atoms with Crippen molar-refractivity contribution in [3.8, 4) is 0 Å². The van der Waals surface area contributed by atoms with Gasteiger partial charge in [-0.15, -0.1) is 0 Å². The van der Waals surface area contributed by atoms with Crippen LogP contribution in [0, 0.1) is 0 Å². The van der Waals surface area contributed by atoms with E-state index >= 15 is 0 Å². The van der Waals surface area contributed by atoms with Crippen LogP contribution in [0.25, 0.3) is 10.8 Å². The van der Waals surface area contributed by atoms with Gasteiger partial charge < -0.3 is 10.00 Å². The van der Waals surface area contributed by atoms with Gasteiger partial charge in [0.25, 0.3) is 0 Å². The largest absolute Gasteiger partial charge is 0.479 e. The highest BCUT2D eigenvalue weighted by atomic mass is 31.2. The molecule has 0 aromatic heterocycles. The fourth-order valence-electron chi connectivity index (χ4n) is 3.26. The van der Waals surface area contributed by atoms with Gasteiger partial charge in [0, 0.05) is 0 Å². The lowest BCUT2D eigenvalue weighted by atomic mass is 9.99. The van der Waals surface area contributed by atoms with E-state index in [1.165, 1.54) is 0 Å². The van der Waals surface area contributed by atoms with E-state index in [4.69, 9.17) is 4.52 Å². The van der Waals surface area contributed by atoms with Gasteiger partial charge in [-0.25, -0.2) is 4.79 Å². The monoisotopic (exact) mass is 398 g/mol. The van der Waals surface area contributed by atoms with Gasteiger partial charge in [0.2, 0.25) is 0 Å². The Morgan fingerprint density at radius 3 is 2.39 bits per heavy atom. The molecule has 0 saturated heterocycles. The minimum atomic E-state index is -4.06. The van der Waals surface area contributed by atoms with E-state index in [-0.39, 0.29) is 12.6 Å². The van der Waals surface area contributed by atoms with Gasteiger partial charge in [0.15, 0.2) is 6.10 Å². The van der Waals surface area contributed by atoms with Gasteiger partial charge in [-0.05, 0) is 41.2 Å². The zero-order valence-electron chi connectivity index (χ0n) is 15.4. The first-order chi connectivity index (χ1) is 13.4. The van der Waals surface area contributed by atoms with E-state index in [2.05, 4.69) is 0 Å². The molecule has 0 fully saturated rings. The molecule has 5 nitrogen and oxygen atoms in total. The second-order valence-corrected chi connectivity index (χ2v) is 8.55. The van der Waals surface area contributed by atoms with Crippen molar-refractivity contribution in [1.29, 1.82) is 0 Å². The van der Waals surface area contributed by atoms with Crippen molar-refractivity contribution in [2.24, 2.45) is 0 Å². The van der Waals surface area contributed by atoms with Crippen molar-refractivity contribution in [2.75, 3.05) is 0 Å². The number of hydrogen-bond donors (Lipinski definition) is 2. The Kier molecular flexibility index (Phi) is 6.63. The first kappa shape index (κ1) is 20.3. The molecule has 0 bridgehead atoms. The molecule has 146 valence electrons. The van der Waals surface area contributed by atoms with Crippen LogP contribution in [0.4, 0.5) is 0 Å². The maximum absolute atomic E-state index is 12.4. The summed E-state index contributed by atoms with van der Waals surface area (Å²) in [5, 5.41) is 11.7. The Hall–Kier alpha value is -2.46. The molecular formula is C22H23O5P. The lowest BCUT2D eigenvalue weighted by molar-refractivity contribution is -0.145. The maximum atomic E-state index is 12.4. The molecular weight excluding hydrogens is 375 g/mol. The van der Waals surface area contributed by atoms with Gasteiger partial charge in [-0.1, -0.05) is 72.8 Å². The lowest BCUT2D eigenvalue weighted by Gasteiger charge is -2.18. The van der Waals surface area contributed by atoms with E-state index in [0.717, 1.165) is 16.3 Å². The fraction of sp³-hybridized carbons (Fsp3) is 0.227. The van der Waals surface area contributed by atoms with Crippen LogP contribution in [0.5, 0.6) is 0 Å². The summed E-state index contributed by atoms with van der Waals surface area (Å²) in [5.74, 6) is -1.22. The number of hydrogen-bond acceptors (Lipinski definition) is 3. The van der Waals surface area contributed by atoms with Crippen LogP contribution in [-0.4, -0.2) is 22.1 Å². The fourth-order valence-corrected chi connectivity index (χ4v) is 4.60. The predicted octanol–water partition coefficient (Wildman–Crippen LogP) is 5.02. The highest BCUT2D eigenvalue weighted by molar-refractivity contribution is 7.52. The molecule has 0 saturated carbocycles. The van der Waals surface area contributed by atoms with Gasteiger partial charge in [0.05, 0.1) is 6.16 Å². The molecule has 0 radical (unpaired) electrons. The first-order valence-electron chi connectivity index (χ1n) is 9.18. The SMILES string of the molecule is O=C(O)C(CCCc1cccc2ccccc12)OP(=O)(O)Cc1ccccc1. The van der Waals surface area contributed by atoms with Crippen LogP contribution in [0.15, 0.2) is 72.8 Å². The van der Waals surface area contributed by atoms with Crippen LogP contribution in [0.3, 0.4) is 0 Å².